The third-order valence-electron chi connectivity index (χ3n) is 7.08. The van der Waals surface area contributed by atoms with E-state index in [4.69, 9.17) is 4.74 Å². The van der Waals surface area contributed by atoms with E-state index >= 15 is 0 Å². The van der Waals surface area contributed by atoms with E-state index in [1.807, 2.05) is 22.7 Å². The van der Waals surface area contributed by atoms with Gasteiger partial charge in [-0.1, -0.05) is 5.21 Å². The van der Waals surface area contributed by atoms with E-state index in [1.54, 1.807) is 23.4 Å². The van der Waals surface area contributed by atoms with Gasteiger partial charge in [0.05, 0.1) is 66.3 Å². The molecular weight excluding hydrogens is 406 g/mol. The topological polar surface area (TPSA) is 93.6 Å². The van der Waals surface area contributed by atoms with Crippen LogP contribution in [-0.4, -0.2) is 59.8 Å². The highest BCUT2D eigenvalue weighted by molar-refractivity contribution is 5.56. The average molecular weight is 429 g/mol. The molecule has 1 atom stereocenters. The number of anilines is 1. The van der Waals surface area contributed by atoms with Gasteiger partial charge in [-0.2, -0.15) is 0 Å². The number of ether oxygens (including phenoxy) is 1. The highest BCUT2D eigenvalue weighted by atomic mass is 16.5. The summed E-state index contributed by atoms with van der Waals surface area (Å²) in [5.41, 5.74) is 5.32. The second kappa shape index (κ2) is 6.60. The minimum Gasteiger partial charge on any atom is -0.380 e. The molecule has 1 spiro atoms. The van der Waals surface area contributed by atoms with Gasteiger partial charge in [-0.3, -0.25) is 9.38 Å². The van der Waals surface area contributed by atoms with Crippen LogP contribution in [-0.2, 0) is 4.74 Å². The summed E-state index contributed by atoms with van der Waals surface area (Å²) in [5.74, 6) is 0.389. The number of benzene rings is 1. The molecule has 3 aromatic heterocycles. The Morgan fingerprint density at radius 3 is 2.59 bits per heavy atom. The second-order valence-corrected chi connectivity index (χ2v) is 9.12. The molecule has 0 radical (unpaired) electrons. The molecule has 7 rings (SSSR count). The van der Waals surface area contributed by atoms with Crippen molar-refractivity contribution in [3.63, 3.8) is 0 Å². The third-order valence-corrected chi connectivity index (χ3v) is 7.08. The molecule has 1 saturated carbocycles. The van der Waals surface area contributed by atoms with Crippen molar-refractivity contribution in [3.8, 4) is 5.69 Å². The fourth-order valence-electron chi connectivity index (χ4n) is 4.90. The normalized spacial score (nSPS) is 20.3. The Morgan fingerprint density at radius 1 is 1.09 bits per heavy atom. The Kier molecular flexibility index (Phi) is 3.77. The lowest BCUT2D eigenvalue weighted by Gasteiger charge is -2.58. The number of aromatic nitrogens is 6. The Bertz CT molecular complexity index is 1300. The van der Waals surface area contributed by atoms with Crippen LogP contribution in [0.3, 0.4) is 0 Å². The van der Waals surface area contributed by atoms with Crippen LogP contribution < -0.4 is 4.90 Å². The zero-order valence-electron chi connectivity index (χ0n) is 17.5. The first kappa shape index (κ1) is 18.3. The maximum Gasteiger partial charge on any atom is 0.142 e. The summed E-state index contributed by atoms with van der Waals surface area (Å²) in [6, 6.07) is 8.32. The molecule has 32 heavy (non-hydrogen) atoms. The van der Waals surface area contributed by atoms with Gasteiger partial charge < -0.3 is 14.7 Å². The number of aliphatic hydroxyl groups excluding tert-OH is 1. The third kappa shape index (κ3) is 2.64. The summed E-state index contributed by atoms with van der Waals surface area (Å²) < 4.78 is 9.05. The standard InChI is InChI=1S/C23H23N7O2/c31-22(21-20(15-1-2-15)25-10-18-9-24-14-28(18)21)19-11-30(27-26-19)17-5-3-16(4-6-17)29-8-7-23(29)12-32-13-23/h3-6,9-11,14-15,22,31H,1-2,7-8,12-13H2/t22-/m0/s1. The zero-order chi connectivity index (χ0) is 21.3. The minimum absolute atomic E-state index is 0.216. The number of rotatable bonds is 5. The summed E-state index contributed by atoms with van der Waals surface area (Å²) in [6.45, 7) is 2.71. The first-order valence-electron chi connectivity index (χ1n) is 11.1. The molecule has 5 heterocycles. The highest BCUT2D eigenvalue weighted by Crippen LogP contribution is 2.43. The van der Waals surface area contributed by atoms with Crippen molar-refractivity contribution < 1.29 is 9.84 Å². The molecule has 1 aromatic carbocycles. The Balaban J connectivity index is 1.18. The molecular formula is C23H23N7O2. The Morgan fingerprint density at radius 2 is 1.91 bits per heavy atom. The fraction of sp³-hybridized carbons (Fsp3) is 0.391. The second-order valence-electron chi connectivity index (χ2n) is 9.12. The molecule has 3 aliphatic rings. The van der Waals surface area contributed by atoms with E-state index in [-0.39, 0.29) is 5.54 Å². The Hall–Kier alpha value is -3.30. The molecule has 1 N–H and O–H groups in total. The predicted octanol–water partition coefficient (Wildman–Crippen LogP) is 2.25. The van der Waals surface area contributed by atoms with E-state index in [9.17, 15) is 5.11 Å². The first-order valence-corrected chi connectivity index (χ1v) is 11.1. The van der Waals surface area contributed by atoms with Crippen molar-refractivity contribution in [2.24, 2.45) is 0 Å². The van der Waals surface area contributed by atoms with Gasteiger partial charge in [0.2, 0.25) is 0 Å². The minimum atomic E-state index is -0.927. The smallest absolute Gasteiger partial charge is 0.142 e. The van der Waals surface area contributed by atoms with Gasteiger partial charge in [0.15, 0.2) is 0 Å². The lowest BCUT2D eigenvalue weighted by Crippen LogP contribution is -2.71. The maximum absolute atomic E-state index is 11.3. The van der Waals surface area contributed by atoms with Gasteiger partial charge >= 0.3 is 0 Å². The predicted molar refractivity (Wildman–Crippen MR) is 116 cm³/mol. The molecule has 0 bridgehead atoms. The van der Waals surface area contributed by atoms with Crippen LogP contribution in [0.25, 0.3) is 11.2 Å². The summed E-state index contributed by atoms with van der Waals surface area (Å²) in [6.07, 6.45) is 9.53. The fourth-order valence-corrected chi connectivity index (χ4v) is 4.90. The van der Waals surface area contributed by atoms with Gasteiger partial charge in [-0.25, -0.2) is 9.67 Å². The lowest BCUT2D eigenvalue weighted by atomic mass is 9.82. The molecule has 3 fully saturated rings. The van der Waals surface area contributed by atoms with Gasteiger partial charge in [-0.05, 0) is 43.5 Å². The first-order chi connectivity index (χ1) is 15.7. The van der Waals surface area contributed by atoms with Crippen LogP contribution >= 0.6 is 0 Å². The van der Waals surface area contributed by atoms with Crippen molar-refractivity contribution in [1.82, 2.24) is 29.4 Å². The van der Waals surface area contributed by atoms with E-state index in [0.717, 1.165) is 55.2 Å². The summed E-state index contributed by atoms with van der Waals surface area (Å²) in [7, 11) is 0. The summed E-state index contributed by atoms with van der Waals surface area (Å²) in [4.78, 5) is 11.3. The summed E-state index contributed by atoms with van der Waals surface area (Å²) >= 11 is 0. The number of aliphatic hydroxyl groups is 1. The van der Waals surface area contributed by atoms with Crippen LogP contribution in [0.1, 0.15) is 48.4 Å². The average Bonchev–Trinajstić information content (AvgIpc) is 3.28. The molecule has 1 aliphatic carbocycles. The highest BCUT2D eigenvalue weighted by Gasteiger charge is 2.50. The van der Waals surface area contributed by atoms with Crippen molar-refractivity contribution in [2.75, 3.05) is 24.7 Å². The van der Waals surface area contributed by atoms with Crippen LogP contribution in [0.5, 0.6) is 0 Å². The summed E-state index contributed by atoms with van der Waals surface area (Å²) in [5, 5.41) is 19.8. The SMILES string of the molecule is O[C@@H](c1cn(-c2ccc(N3CCC34COC4)cc2)nn1)c1c(C2CC2)ncc2cncn12. The quantitative estimate of drug-likeness (QED) is 0.520. The van der Waals surface area contributed by atoms with Gasteiger partial charge in [0.25, 0.3) is 0 Å². The molecule has 9 heteroatoms. The van der Waals surface area contributed by atoms with E-state index < -0.39 is 6.10 Å². The molecule has 9 nitrogen and oxygen atoms in total. The molecule has 4 aromatic rings. The zero-order valence-corrected chi connectivity index (χ0v) is 17.5. The van der Waals surface area contributed by atoms with E-state index in [0.29, 0.717) is 11.6 Å². The van der Waals surface area contributed by atoms with Gasteiger partial charge in [-0.15, -0.1) is 5.10 Å². The van der Waals surface area contributed by atoms with Crippen molar-refractivity contribution in [2.45, 2.75) is 36.8 Å². The van der Waals surface area contributed by atoms with Gasteiger partial charge in [0, 0.05) is 18.2 Å². The van der Waals surface area contributed by atoms with E-state index in [2.05, 4.69) is 37.3 Å². The number of imidazole rings is 1. The maximum atomic E-state index is 11.3. The largest absolute Gasteiger partial charge is 0.380 e. The molecule has 0 amide bonds. The number of fused-ring (bicyclic) bond motifs is 1. The Labute approximate surface area is 184 Å². The van der Waals surface area contributed by atoms with Crippen molar-refractivity contribution >= 4 is 11.2 Å². The van der Waals surface area contributed by atoms with Crippen LogP contribution in [0.15, 0.2) is 49.2 Å². The van der Waals surface area contributed by atoms with Gasteiger partial charge in [0.1, 0.15) is 11.8 Å². The van der Waals surface area contributed by atoms with Crippen molar-refractivity contribution in [1.29, 1.82) is 0 Å². The van der Waals surface area contributed by atoms with Crippen molar-refractivity contribution in [3.05, 3.63) is 66.3 Å². The monoisotopic (exact) mass is 429 g/mol. The van der Waals surface area contributed by atoms with E-state index in [1.165, 1.54) is 12.1 Å². The van der Waals surface area contributed by atoms with Crippen LogP contribution in [0.4, 0.5) is 5.69 Å². The lowest BCUT2D eigenvalue weighted by molar-refractivity contribution is -0.0847. The number of nitrogens with zero attached hydrogens (tertiary/aromatic N) is 7. The van der Waals surface area contributed by atoms with Crippen LogP contribution in [0, 0.1) is 0 Å². The molecule has 162 valence electrons. The molecule has 2 saturated heterocycles. The van der Waals surface area contributed by atoms with Crippen LogP contribution in [0.2, 0.25) is 0 Å². The number of hydrogen-bond acceptors (Lipinski definition) is 7. The molecule has 2 aliphatic heterocycles. The number of hydrogen-bond donors (Lipinski definition) is 1. The molecule has 0 unspecified atom stereocenters.